The van der Waals surface area contributed by atoms with Gasteiger partial charge in [-0.3, -0.25) is 4.79 Å². The molecule has 0 bridgehead atoms. The van der Waals surface area contributed by atoms with Crippen LogP contribution >= 0.6 is 0 Å². The first-order chi connectivity index (χ1) is 7.84. The minimum Gasteiger partial charge on any atom is -0.426 e. The van der Waals surface area contributed by atoms with Gasteiger partial charge in [0.2, 0.25) is 0 Å². The van der Waals surface area contributed by atoms with Crippen LogP contribution in [0.1, 0.15) is 5.82 Å². The van der Waals surface area contributed by atoms with Gasteiger partial charge in [-0.2, -0.15) is 0 Å². The Hall–Kier alpha value is -2.23. The van der Waals surface area contributed by atoms with Gasteiger partial charge in [0.05, 0.1) is 0 Å². The number of hydrogen-bond donors (Lipinski definition) is 0. The lowest BCUT2D eigenvalue weighted by molar-refractivity contribution is -0.133. The number of ether oxygens (including phenoxy) is 1. The topological polar surface area (TPSA) is 52.1 Å². The summed E-state index contributed by atoms with van der Waals surface area (Å²) < 4.78 is 5.10. The van der Waals surface area contributed by atoms with E-state index in [-0.39, 0.29) is 12.4 Å². The fraction of sp³-hybridized carbons (Fsp3) is 0.0833. The molecule has 0 atom stereocenters. The molecular weight excluding hydrogens is 204 g/mol. The Bertz CT molecular complexity index is 413. The van der Waals surface area contributed by atoms with Crippen LogP contribution in [0.15, 0.2) is 48.8 Å². The molecule has 2 aromatic rings. The number of esters is 1. The van der Waals surface area contributed by atoms with Crippen molar-refractivity contribution in [2.75, 3.05) is 0 Å². The van der Waals surface area contributed by atoms with E-state index in [0.29, 0.717) is 11.6 Å². The van der Waals surface area contributed by atoms with Crippen molar-refractivity contribution in [1.29, 1.82) is 0 Å². The van der Waals surface area contributed by atoms with Crippen LogP contribution < -0.4 is 4.74 Å². The van der Waals surface area contributed by atoms with Crippen molar-refractivity contribution in [2.45, 2.75) is 6.42 Å². The molecule has 0 fully saturated rings. The van der Waals surface area contributed by atoms with Crippen LogP contribution in [-0.2, 0) is 11.2 Å². The molecule has 0 radical (unpaired) electrons. The molecular formula is C12H10N2O2. The van der Waals surface area contributed by atoms with Crippen LogP contribution in [0.4, 0.5) is 0 Å². The fourth-order valence-corrected chi connectivity index (χ4v) is 1.21. The summed E-state index contributed by atoms with van der Waals surface area (Å²) in [6.45, 7) is 0. The third kappa shape index (κ3) is 2.88. The molecule has 80 valence electrons. The fourth-order valence-electron chi connectivity index (χ4n) is 1.21. The number of para-hydroxylation sites is 1. The zero-order chi connectivity index (χ0) is 11.2. The Balaban J connectivity index is 1.95. The second-order valence-electron chi connectivity index (χ2n) is 3.13. The van der Waals surface area contributed by atoms with Gasteiger partial charge in [-0.05, 0) is 18.2 Å². The van der Waals surface area contributed by atoms with Gasteiger partial charge in [0.1, 0.15) is 18.0 Å². The van der Waals surface area contributed by atoms with E-state index in [9.17, 15) is 4.79 Å². The van der Waals surface area contributed by atoms with E-state index in [0.717, 1.165) is 0 Å². The molecule has 0 spiro atoms. The highest BCUT2D eigenvalue weighted by atomic mass is 16.5. The van der Waals surface area contributed by atoms with Crippen LogP contribution in [0, 0.1) is 0 Å². The van der Waals surface area contributed by atoms with Crippen molar-refractivity contribution < 1.29 is 9.53 Å². The standard InChI is InChI=1S/C12H10N2O2/c15-12(9-11-13-7-4-8-14-11)16-10-5-2-1-3-6-10/h1-8H,9H2. The summed E-state index contributed by atoms with van der Waals surface area (Å²) in [5.41, 5.74) is 0. The van der Waals surface area contributed by atoms with Crippen LogP contribution in [0.25, 0.3) is 0 Å². The molecule has 0 saturated carbocycles. The van der Waals surface area contributed by atoms with Crippen molar-refractivity contribution >= 4 is 5.97 Å². The predicted molar refractivity (Wildman–Crippen MR) is 57.8 cm³/mol. The van der Waals surface area contributed by atoms with Gasteiger partial charge in [-0.1, -0.05) is 18.2 Å². The number of carbonyl (C=O) groups is 1. The molecule has 0 aliphatic carbocycles. The maximum atomic E-state index is 11.5. The number of carbonyl (C=O) groups excluding carboxylic acids is 1. The Morgan fingerprint density at radius 2 is 1.75 bits per heavy atom. The summed E-state index contributed by atoms with van der Waals surface area (Å²) in [6.07, 6.45) is 3.27. The second kappa shape index (κ2) is 5.02. The third-order valence-electron chi connectivity index (χ3n) is 1.90. The minimum absolute atomic E-state index is 0.0791. The zero-order valence-electron chi connectivity index (χ0n) is 8.54. The molecule has 0 N–H and O–H groups in total. The molecule has 2 rings (SSSR count). The summed E-state index contributed by atoms with van der Waals surface area (Å²) in [5, 5.41) is 0. The van der Waals surface area contributed by atoms with Crippen molar-refractivity contribution in [3.63, 3.8) is 0 Å². The van der Waals surface area contributed by atoms with Gasteiger partial charge in [0.15, 0.2) is 0 Å². The Morgan fingerprint density at radius 3 is 2.44 bits per heavy atom. The Morgan fingerprint density at radius 1 is 1.06 bits per heavy atom. The quantitative estimate of drug-likeness (QED) is 0.575. The van der Waals surface area contributed by atoms with Crippen LogP contribution in [0.5, 0.6) is 5.75 Å². The summed E-state index contributed by atoms with van der Waals surface area (Å²) in [6, 6.07) is 10.6. The molecule has 4 heteroatoms. The largest absolute Gasteiger partial charge is 0.426 e. The van der Waals surface area contributed by atoms with Gasteiger partial charge in [0.25, 0.3) is 0 Å². The Labute approximate surface area is 92.9 Å². The van der Waals surface area contributed by atoms with Gasteiger partial charge < -0.3 is 4.74 Å². The van der Waals surface area contributed by atoms with E-state index >= 15 is 0 Å². The predicted octanol–water partition coefficient (Wildman–Crippen LogP) is 1.62. The molecule has 1 heterocycles. The summed E-state index contributed by atoms with van der Waals surface area (Å²) >= 11 is 0. The normalized spacial score (nSPS) is 9.75. The van der Waals surface area contributed by atoms with Crippen molar-refractivity contribution in [3.8, 4) is 5.75 Å². The van der Waals surface area contributed by atoms with E-state index < -0.39 is 0 Å². The van der Waals surface area contributed by atoms with Crippen LogP contribution in [0.3, 0.4) is 0 Å². The number of aromatic nitrogens is 2. The zero-order valence-corrected chi connectivity index (χ0v) is 8.54. The van der Waals surface area contributed by atoms with Gasteiger partial charge in [-0.25, -0.2) is 9.97 Å². The van der Waals surface area contributed by atoms with Crippen molar-refractivity contribution in [3.05, 3.63) is 54.6 Å². The van der Waals surface area contributed by atoms with Crippen LogP contribution in [0.2, 0.25) is 0 Å². The monoisotopic (exact) mass is 214 g/mol. The van der Waals surface area contributed by atoms with E-state index in [2.05, 4.69) is 9.97 Å². The molecule has 4 nitrogen and oxygen atoms in total. The third-order valence-corrected chi connectivity index (χ3v) is 1.90. The van der Waals surface area contributed by atoms with Gasteiger partial charge >= 0.3 is 5.97 Å². The Kier molecular flexibility index (Phi) is 3.23. The maximum Gasteiger partial charge on any atom is 0.318 e. The molecule has 1 aromatic carbocycles. The molecule has 0 aliphatic heterocycles. The minimum atomic E-state index is -0.364. The van der Waals surface area contributed by atoms with Crippen LogP contribution in [-0.4, -0.2) is 15.9 Å². The number of rotatable bonds is 3. The second-order valence-corrected chi connectivity index (χ2v) is 3.13. The summed E-state index contributed by atoms with van der Waals surface area (Å²) in [5.74, 6) is 0.629. The SMILES string of the molecule is O=C(Cc1ncccn1)Oc1ccccc1. The smallest absolute Gasteiger partial charge is 0.318 e. The highest BCUT2D eigenvalue weighted by Gasteiger charge is 2.07. The highest BCUT2D eigenvalue weighted by molar-refractivity contribution is 5.74. The first-order valence-electron chi connectivity index (χ1n) is 4.86. The number of benzene rings is 1. The highest BCUT2D eigenvalue weighted by Crippen LogP contribution is 2.09. The molecule has 0 saturated heterocycles. The van der Waals surface area contributed by atoms with E-state index in [4.69, 9.17) is 4.74 Å². The van der Waals surface area contributed by atoms with Gasteiger partial charge in [-0.15, -0.1) is 0 Å². The molecule has 0 aliphatic rings. The first-order valence-corrected chi connectivity index (χ1v) is 4.86. The number of nitrogens with zero attached hydrogens (tertiary/aromatic N) is 2. The summed E-state index contributed by atoms with van der Waals surface area (Å²) in [7, 11) is 0. The maximum absolute atomic E-state index is 11.5. The lowest BCUT2D eigenvalue weighted by Crippen LogP contribution is -2.13. The molecule has 1 aromatic heterocycles. The average Bonchev–Trinajstić information content (AvgIpc) is 2.31. The van der Waals surface area contributed by atoms with E-state index in [1.165, 1.54) is 0 Å². The molecule has 0 unspecified atom stereocenters. The van der Waals surface area contributed by atoms with Gasteiger partial charge in [0, 0.05) is 12.4 Å². The lowest BCUT2D eigenvalue weighted by atomic mass is 10.3. The average molecular weight is 214 g/mol. The van der Waals surface area contributed by atoms with Crippen molar-refractivity contribution in [2.24, 2.45) is 0 Å². The molecule has 0 amide bonds. The molecule has 16 heavy (non-hydrogen) atoms. The van der Waals surface area contributed by atoms with E-state index in [1.54, 1.807) is 30.6 Å². The lowest BCUT2D eigenvalue weighted by Gasteiger charge is -2.02. The first kappa shape index (κ1) is 10.3. The van der Waals surface area contributed by atoms with Crippen molar-refractivity contribution in [1.82, 2.24) is 9.97 Å². The summed E-state index contributed by atoms with van der Waals surface area (Å²) in [4.78, 5) is 19.4. The van der Waals surface area contributed by atoms with E-state index in [1.807, 2.05) is 18.2 Å². The number of hydrogen-bond acceptors (Lipinski definition) is 4.